The van der Waals surface area contributed by atoms with E-state index in [-0.39, 0.29) is 74.4 Å². The standard InChI is InChI=1S/C35H45NO10/c1-9-12-13-14-15-28(37)46-29-25(4)36-18-26(19-40-30(38)34(16-10-2)42-21-32(5,6)22-43-34)27(29)20-41-31(39)35(17-11-3)44-23-33(7,8)24-45-35/h2-3,9,12,18H,13-17,19-24H2,1,4-8H3/b12-9-. The van der Waals surface area contributed by atoms with Gasteiger partial charge in [0.2, 0.25) is 0 Å². The van der Waals surface area contributed by atoms with Gasteiger partial charge in [-0.2, -0.15) is 0 Å². The van der Waals surface area contributed by atoms with E-state index in [1.54, 1.807) is 6.92 Å². The molecule has 46 heavy (non-hydrogen) atoms. The summed E-state index contributed by atoms with van der Waals surface area (Å²) in [4.78, 5) is 43.9. The molecule has 0 saturated carbocycles. The first-order chi connectivity index (χ1) is 21.7. The number of unbranched alkanes of at least 4 members (excludes halogenated alkanes) is 1. The monoisotopic (exact) mass is 639 g/mol. The summed E-state index contributed by atoms with van der Waals surface area (Å²) in [7, 11) is 0. The van der Waals surface area contributed by atoms with Crippen molar-refractivity contribution in [1.82, 2.24) is 4.98 Å². The molecule has 1 aromatic heterocycles. The molecule has 11 heteroatoms. The third-order valence-electron chi connectivity index (χ3n) is 7.39. The molecular weight excluding hydrogens is 594 g/mol. The van der Waals surface area contributed by atoms with Gasteiger partial charge in [-0.15, -0.1) is 24.7 Å². The Kier molecular flexibility index (Phi) is 12.5. The third-order valence-corrected chi connectivity index (χ3v) is 7.39. The van der Waals surface area contributed by atoms with Gasteiger partial charge in [0.05, 0.1) is 45.0 Å². The van der Waals surface area contributed by atoms with Crippen molar-refractivity contribution in [3.63, 3.8) is 0 Å². The van der Waals surface area contributed by atoms with Gasteiger partial charge in [0.1, 0.15) is 13.2 Å². The quantitative estimate of drug-likeness (QED) is 0.129. The summed E-state index contributed by atoms with van der Waals surface area (Å²) in [5.74, 6) is -0.817. The van der Waals surface area contributed by atoms with E-state index in [1.165, 1.54) is 6.20 Å². The average molecular weight is 640 g/mol. The lowest BCUT2D eigenvalue weighted by atomic mass is 9.94. The molecule has 0 bridgehead atoms. The molecule has 11 nitrogen and oxygen atoms in total. The summed E-state index contributed by atoms with van der Waals surface area (Å²) >= 11 is 0. The van der Waals surface area contributed by atoms with Crippen LogP contribution in [0.3, 0.4) is 0 Å². The molecule has 0 radical (unpaired) electrons. The van der Waals surface area contributed by atoms with Crippen LogP contribution in [0.1, 0.15) is 83.5 Å². The number of ether oxygens (including phenoxy) is 7. The van der Waals surface area contributed by atoms with Gasteiger partial charge in [0.15, 0.2) is 5.75 Å². The summed E-state index contributed by atoms with van der Waals surface area (Å²) in [5.41, 5.74) is 0.288. The molecule has 0 N–H and O–H groups in total. The van der Waals surface area contributed by atoms with Crippen molar-refractivity contribution in [1.29, 1.82) is 0 Å². The van der Waals surface area contributed by atoms with Crippen molar-refractivity contribution < 1.29 is 47.5 Å². The molecule has 2 saturated heterocycles. The number of hydrogen-bond acceptors (Lipinski definition) is 11. The zero-order valence-corrected chi connectivity index (χ0v) is 27.7. The fraction of sp³-hybridized carbons (Fsp3) is 0.600. The number of esters is 3. The smallest absolute Gasteiger partial charge is 0.368 e. The fourth-order valence-corrected chi connectivity index (χ4v) is 4.56. The zero-order valence-electron chi connectivity index (χ0n) is 27.7. The van der Waals surface area contributed by atoms with Crippen LogP contribution in [0.25, 0.3) is 0 Å². The molecule has 2 fully saturated rings. The molecule has 0 amide bonds. The van der Waals surface area contributed by atoms with Gasteiger partial charge >= 0.3 is 17.9 Å². The van der Waals surface area contributed by atoms with Crippen LogP contribution in [0.5, 0.6) is 5.75 Å². The van der Waals surface area contributed by atoms with Crippen molar-refractivity contribution >= 4 is 17.9 Å². The lowest BCUT2D eigenvalue weighted by Crippen LogP contribution is -2.53. The first-order valence-electron chi connectivity index (χ1n) is 15.3. The van der Waals surface area contributed by atoms with E-state index in [0.29, 0.717) is 24.1 Å². The second-order valence-corrected chi connectivity index (χ2v) is 13.0. The Morgan fingerprint density at radius 1 is 0.891 bits per heavy atom. The Morgan fingerprint density at radius 3 is 1.87 bits per heavy atom. The van der Waals surface area contributed by atoms with E-state index >= 15 is 0 Å². The number of rotatable bonds is 13. The first-order valence-corrected chi connectivity index (χ1v) is 15.3. The van der Waals surface area contributed by atoms with Gasteiger partial charge in [0, 0.05) is 34.6 Å². The van der Waals surface area contributed by atoms with E-state index < -0.39 is 36.1 Å². The number of carbonyl (C=O) groups excluding carboxylic acids is 3. The van der Waals surface area contributed by atoms with E-state index in [4.69, 9.17) is 46.0 Å². The molecule has 0 spiro atoms. The minimum atomic E-state index is -1.80. The van der Waals surface area contributed by atoms with Crippen molar-refractivity contribution in [2.75, 3.05) is 26.4 Å². The van der Waals surface area contributed by atoms with Crippen LogP contribution < -0.4 is 4.74 Å². The summed E-state index contributed by atoms with van der Waals surface area (Å²) < 4.78 is 40.3. The molecule has 250 valence electrons. The maximum Gasteiger partial charge on any atom is 0.368 e. The molecule has 1 aromatic rings. The van der Waals surface area contributed by atoms with Crippen molar-refractivity contribution in [2.45, 2.75) is 98.4 Å². The topological polar surface area (TPSA) is 129 Å². The van der Waals surface area contributed by atoms with E-state index in [2.05, 4.69) is 16.8 Å². The van der Waals surface area contributed by atoms with Gasteiger partial charge in [0.25, 0.3) is 11.6 Å². The Balaban J connectivity index is 1.88. The summed E-state index contributed by atoms with van der Waals surface area (Å²) in [6.07, 6.45) is 17.5. The number of terminal acetylenes is 2. The third kappa shape index (κ3) is 9.40. The maximum absolute atomic E-state index is 13.4. The van der Waals surface area contributed by atoms with Crippen LogP contribution in [0, 0.1) is 42.4 Å². The summed E-state index contributed by atoms with van der Waals surface area (Å²) in [6.45, 7) is 11.4. The Hall–Kier alpha value is -3.74. The highest BCUT2D eigenvalue weighted by atomic mass is 16.7. The second kappa shape index (κ2) is 15.7. The van der Waals surface area contributed by atoms with Crippen LogP contribution in [0.2, 0.25) is 0 Å². The van der Waals surface area contributed by atoms with Crippen molar-refractivity contribution in [3.8, 4) is 30.4 Å². The highest BCUT2D eigenvalue weighted by molar-refractivity contribution is 5.79. The second-order valence-electron chi connectivity index (χ2n) is 13.0. The van der Waals surface area contributed by atoms with Gasteiger partial charge in [-0.3, -0.25) is 9.78 Å². The van der Waals surface area contributed by atoms with Gasteiger partial charge in [-0.05, 0) is 26.7 Å². The number of pyridine rings is 1. The summed E-state index contributed by atoms with van der Waals surface area (Å²) in [6, 6.07) is 0. The van der Waals surface area contributed by atoms with E-state index in [1.807, 2.05) is 46.8 Å². The average Bonchev–Trinajstić information content (AvgIpc) is 3.01. The highest BCUT2D eigenvalue weighted by Gasteiger charge is 2.49. The van der Waals surface area contributed by atoms with Gasteiger partial charge in [-0.25, -0.2) is 9.59 Å². The van der Waals surface area contributed by atoms with E-state index in [0.717, 1.165) is 0 Å². The Morgan fingerprint density at radius 2 is 1.39 bits per heavy atom. The Bertz CT molecular complexity index is 1360. The maximum atomic E-state index is 13.4. The molecule has 3 heterocycles. The highest BCUT2D eigenvalue weighted by Crippen LogP contribution is 2.35. The van der Waals surface area contributed by atoms with Crippen LogP contribution >= 0.6 is 0 Å². The molecular formula is C35H45NO10. The largest absolute Gasteiger partial charge is 0.457 e. The summed E-state index contributed by atoms with van der Waals surface area (Å²) in [5, 5.41) is 0. The molecule has 0 aromatic carbocycles. The molecule has 2 aliphatic heterocycles. The molecule has 3 rings (SSSR count). The van der Waals surface area contributed by atoms with Crippen LogP contribution in [0.4, 0.5) is 0 Å². The predicted molar refractivity (Wildman–Crippen MR) is 167 cm³/mol. The van der Waals surface area contributed by atoms with Gasteiger partial charge < -0.3 is 33.2 Å². The van der Waals surface area contributed by atoms with E-state index in [9.17, 15) is 14.4 Å². The van der Waals surface area contributed by atoms with Crippen LogP contribution in [-0.4, -0.2) is 60.9 Å². The lowest BCUT2D eigenvalue weighted by Gasteiger charge is -2.40. The number of aromatic nitrogens is 1. The van der Waals surface area contributed by atoms with Crippen molar-refractivity contribution in [2.24, 2.45) is 10.8 Å². The van der Waals surface area contributed by atoms with Crippen molar-refractivity contribution in [3.05, 3.63) is 35.2 Å². The Labute approximate surface area is 271 Å². The minimum absolute atomic E-state index is 0.0836. The normalized spacial score (nSPS) is 19.4. The molecule has 0 unspecified atom stereocenters. The number of nitrogens with zero attached hydrogens (tertiary/aromatic N) is 1. The molecule has 0 aliphatic carbocycles. The predicted octanol–water partition coefficient (Wildman–Crippen LogP) is 4.71. The molecule has 2 aliphatic rings. The first kappa shape index (κ1) is 36.7. The molecule has 0 atom stereocenters. The number of carbonyl (C=O) groups is 3. The SMILES string of the molecule is C#CCC1(C(=O)OCc2cnc(C)c(OC(=O)CCC/C=C\C)c2COC(=O)C2(CC#C)OCC(C)(C)CO2)OCC(C)(C)CO1. The number of allylic oxidation sites excluding steroid dienone is 2. The van der Waals surface area contributed by atoms with Crippen LogP contribution in [0.15, 0.2) is 18.3 Å². The lowest BCUT2D eigenvalue weighted by molar-refractivity contribution is -0.293. The van der Waals surface area contributed by atoms with Crippen LogP contribution in [-0.2, 0) is 56.0 Å². The minimum Gasteiger partial charge on any atom is -0.457 e. The fourth-order valence-electron chi connectivity index (χ4n) is 4.56. The number of aryl methyl sites for hydroxylation is 1. The van der Waals surface area contributed by atoms with Gasteiger partial charge in [-0.1, -0.05) is 39.8 Å². The number of hydrogen-bond donors (Lipinski definition) is 0. The zero-order chi connectivity index (χ0) is 34.0.